The molecule has 126 valence electrons. The van der Waals surface area contributed by atoms with E-state index in [1.54, 1.807) is 36.4 Å². The highest BCUT2D eigenvalue weighted by atomic mass is 19.4. The molecule has 0 aliphatic carbocycles. The molecule has 0 saturated carbocycles. The second-order valence-corrected chi connectivity index (χ2v) is 5.05. The highest BCUT2D eigenvalue weighted by Crippen LogP contribution is 2.30. The van der Waals surface area contributed by atoms with Crippen molar-refractivity contribution < 1.29 is 22.7 Å². The first kappa shape index (κ1) is 16.1. The number of aromatic nitrogens is 2. The number of alkyl halides is 3. The molecule has 0 saturated heterocycles. The molecule has 2 heterocycles. The smallest absolute Gasteiger partial charge is 0.433 e. The van der Waals surface area contributed by atoms with Crippen LogP contribution in [0.3, 0.4) is 0 Å². The lowest BCUT2D eigenvalue weighted by Crippen LogP contribution is -2.13. The minimum absolute atomic E-state index is 0.167. The van der Waals surface area contributed by atoms with Crippen molar-refractivity contribution in [3.05, 3.63) is 65.9 Å². The van der Waals surface area contributed by atoms with Crippen LogP contribution in [0.4, 0.5) is 18.9 Å². The van der Waals surface area contributed by atoms with Crippen molar-refractivity contribution in [1.82, 2.24) is 9.78 Å². The number of nitrogens with one attached hydrogen (secondary N) is 1. The van der Waals surface area contributed by atoms with E-state index in [1.165, 1.54) is 0 Å². The quantitative estimate of drug-likeness (QED) is 0.747. The van der Waals surface area contributed by atoms with Crippen LogP contribution >= 0.6 is 0 Å². The summed E-state index contributed by atoms with van der Waals surface area (Å²) in [4.78, 5) is 0. The van der Waals surface area contributed by atoms with E-state index in [9.17, 15) is 13.2 Å². The molecule has 0 atom stereocenters. The van der Waals surface area contributed by atoms with Gasteiger partial charge in [-0.2, -0.15) is 18.3 Å². The molecule has 0 aliphatic heterocycles. The summed E-state index contributed by atoms with van der Waals surface area (Å²) in [6, 6.07) is 10.8. The predicted octanol–water partition coefficient (Wildman–Crippen LogP) is 3.59. The Morgan fingerprint density at radius 3 is 2.38 bits per heavy atom. The number of rotatable bonds is 5. The highest BCUT2D eigenvalue weighted by Gasteiger charge is 2.35. The highest BCUT2D eigenvalue weighted by molar-refractivity contribution is 5.49. The summed E-state index contributed by atoms with van der Waals surface area (Å²) in [6.07, 6.45) is -3.35. The lowest BCUT2D eigenvalue weighted by atomic mass is 10.2. The minimum Gasteiger partial charge on any atom is -0.462 e. The van der Waals surface area contributed by atoms with Gasteiger partial charge in [-0.15, -0.1) is 0 Å². The van der Waals surface area contributed by atoms with Gasteiger partial charge in [0.2, 0.25) is 0 Å². The van der Waals surface area contributed by atoms with E-state index in [4.69, 9.17) is 9.52 Å². The average molecular weight is 337 g/mol. The molecule has 0 unspecified atom stereocenters. The maximum atomic E-state index is 12.9. The first-order valence-electron chi connectivity index (χ1n) is 7.11. The van der Waals surface area contributed by atoms with Crippen LogP contribution in [-0.2, 0) is 19.3 Å². The topological polar surface area (TPSA) is 63.2 Å². The maximum Gasteiger partial charge on any atom is 0.433 e. The molecule has 2 N–H and O–H groups in total. The number of aliphatic hydroxyl groups excluding tert-OH is 1. The van der Waals surface area contributed by atoms with E-state index >= 15 is 0 Å². The molecule has 24 heavy (non-hydrogen) atoms. The fourth-order valence-electron chi connectivity index (χ4n) is 2.24. The zero-order valence-electron chi connectivity index (χ0n) is 12.4. The summed E-state index contributed by atoms with van der Waals surface area (Å²) in [5, 5.41) is 15.7. The molecule has 2 aromatic heterocycles. The molecule has 1 aromatic carbocycles. The zero-order chi connectivity index (χ0) is 17.2. The Bertz CT molecular complexity index is 807. The first-order chi connectivity index (χ1) is 11.5. The van der Waals surface area contributed by atoms with Gasteiger partial charge in [0.1, 0.15) is 23.8 Å². The Hall–Kier alpha value is -2.74. The monoisotopic (exact) mass is 337 g/mol. The predicted molar refractivity (Wildman–Crippen MR) is 80.5 cm³/mol. The van der Waals surface area contributed by atoms with Gasteiger partial charge in [0, 0.05) is 5.69 Å². The number of hydrogen-bond acceptors (Lipinski definition) is 4. The summed E-state index contributed by atoms with van der Waals surface area (Å²) in [5.74, 6) is 1.12. The first-order valence-corrected chi connectivity index (χ1v) is 7.11. The molecule has 0 fully saturated rings. The van der Waals surface area contributed by atoms with Crippen molar-refractivity contribution in [3.8, 4) is 5.69 Å². The van der Waals surface area contributed by atoms with Crippen molar-refractivity contribution in [2.24, 2.45) is 0 Å². The Balaban J connectivity index is 1.71. The Labute approximate surface area is 135 Å². The van der Waals surface area contributed by atoms with Gasteiger partial charge in [-0.25, -0.2) is 4.68 Å². The number of benzene rings is 1. The van der Waals surface area contributed by atoms with Crippen LogP contribution in [0.2, 0.25) is 0 Å². The Kier molecular flexibility index (Phi) is 4.30. The van der Waals surface area contributed by atoms with Gasteiger partial charge in [0.25, 0.3) is 0 Å². The third kappa shape index (κ3) is 3.43. The summed E-state index contributed by atoms with van der Waals surface area (Å²) in [5.41, 5.74) is 0.218. The molecular formula is C16H14F3N3O2. The molecule has 3 rings (SSSR count). The third-order valence-corrected chi connectivity index (χ3v) is 3.38. The lowest BCUT2D eigenvalue weighted by Gasteiger charge is -2.11. The molecule has 0 aliphatic rings. The van der Waals surface area contributed by atoms with E-state index < -0.39 is 11.9 Å². The Morgan fingerprint density at radius 2 is 1.75 bits per heavy atom. The zero-order valence-corrected chi connectivity index (χ0v) is 12.4. The summed E-state index contributed by atoms with van der Waals surface area (Å²) >= 11 is 0. The number of aliphatic hydroxyl groups is 1. The van der Waals surface area contributed by atoms with Crippen LogP contribution in [0.15, 0.2) is 53.1 Å². The Morgan fingerprint density at radius 1 is 1.04 bits per heavy atom. The van der Waals surface area contributed by atoms with E-state index in [1.807, 2.05) is 0 Å². The molecule has 0 spiro atoms. The lowest BCUT2D eigenvalue weighted by molar-refractivity contribution is -0.142. The molecule has 0 amide bonds. The van der Waals surface area contributed by atoms with E-state index in [-0.39, 0.29) is 6.61 Å². The van der Waals surface area contributed by atoms with Gasteiger partial charge in [0.05, 0.1) is 18.4 Å². The number of furan rings is 1. The second-order valence-electron chi connectivity index (χ2n) is 5.05. The summed E-state index contributed by atoms with van der Waals surface area (Å²) in [6.45, 7) is 0.231. The fourth-order valence-corrected chi connectivity index (χ4v) is 2.24. The van der Waals surface area contributed by atoms with Gasteiger partial charge >= 0.3 is 6.18 Å². The SMILES string of the molecule is OCc1ccc(CNc2ccc(-n3nccc3C(F)(F)F)cc2)o1. The van der Waals surface area contributed by atoms with E-state index in [2.05, 4.69) is 10.4 Å². The molecule has 5 nitrogen and oxygen atoms in total. The summed E-state index contributed by atoms with van der Waals surface area (Å²) < 4.78 is 44.8. The van der Waals surface area contributed by atoms with Gasteiger partial charge in [-0.1, -0.05) is 0 Å². The standard InChI is InChI=1S/C16H14F3N3O2/c17-16(18,19)15-7-8-21-22(15)12-3-1-11(2-4-12)20-9-13-5-6-14(10-23)24-13/h1-8,20,23H,9-10H2. The van der Waals surface area contributed by atoms with Gasteiger partial charge in [-0.05, 0) is 42.5 Å². The van der Waals surface area contributed by atoms with Crippen molar-refractivity contribution in [2.45, 2.75) is 19.3 Å². The number of nitrogens with zero attached hydrogens (tertiary/aromatic N) is 2. The van der Waals surface area contributed by atoms with E-state index in [0.29, 0.717) is 23.8 Å². The number of halogens is 3. The van der Waals surface area contributed by atoms with Crippen molar-refractivity contribution >= 4 is 5.69 Å². The van der Waals surface area contributed by atoms with Crippen LogP contribution in [0.5, 0.6) is 0 Å². The largest absolute Gasteiger partial charge is 0.462 e. The van der Waals surface area contributed by atoms with Gasteiger partial charge in [-0.3, -0.25) is 0 Å². The van der Waals surface area contributed by atoms with Crippen LogP contribution in [0.1, 0.15) is 17.2 Å². The molecule has 3 aromatic rings. The summed E-state index contributed by atoms with van der Waals surface area (Å²) in [7, 11) is 0. The third-order valence-electron chi connectivity index (χ3n) is 3.38. The molecule has 0 bridgehead atoms. The van der Waals surface area contributed by atoms with Gasteiger partial charge in [0.15, 0.2) is 0 Å². The van der Waals surface area contributed by atoms with Crippen molar-refractivity contribution in [3.63, 3.8) is 0 Å². The maximum absolute atomic E-state index is 12.9. The molecule has 8 heteroatoms. The van der Waals surface area contributed by atoms with Crippen molar-refractivity contribution in [2.75, 3.05) is 5.32 Å². The van der Waals surface area contributed by atoms with Crippen LogP contribution in [0.25, 0.3) is 5.69 Å². The normalized spacial score (nSPS) is 11.7. The van der Waals surface area contributed by atoms with Gasteiger partial charge < -0.3 is 14.8 Å². The minimum atomic E-state index is -4.46. The second kappa shape index (κ2) is 6.40. The molecule has 0 radical (unpaired) electrons. The molecular weight excluding hydrogens is 323 g/mol. The number of hydrogen-bond donors (Lipinski definition) is 2. The fraction of sp³-hybridized carbons (Fsp3) is 0.188. The van der Waals surface area contributed by atoms with Crippen LogP contribution in [0, 0.1) is 0 Å². The van der Waals surface area contributed by atoms with Crippen LogP contribution in [-0.4, -0.2) is 14.9 Å². The number of anilines is 1. The van der Waals surface area contributed by atoms with E-state index in [0.717, 1.165) is 22.6 Å². The average Bonchev–Trinajstić information content (AvgIpc) is 3.22. The van der Waals surface area contributed by atoms with Crippen molar-refractivity contribution in [1.29, 1.82) is 0 Å². The van der Waals surface area contributed by atoms with Crippen LogP contribution < -0.4 is 5.32 Å².